The van der Waals surface area contributed by atoms with E-state index in [9.17, 15) is 9.59 Å². The number of nitrogens with zero attached hydrogens (tertiary/aromatic N) is 2. The lowest BCUT2D eigenvalue weighted by Crippen LogP contribution is -2.14. The summed E-state index contributed by atoms with van der Waals surface area (Å²) in [6, 6.07) is 4.42. The second-order valence-corrected chi connectivity index (χ2v) is 4.29. The summed E-state index contributed by atoms with van der Waals surface area (Å²) in [5.74, 6) is -0.546. The molecule has 0 bridgehead atoms. The Morgan fingerprint density at radius 1 is 1.40 bits per heavy atom. The van der Waals surface area contributed by atoms with Crippen molar-refractivity contribution in [1.29, 1.82) is 0 Å². The molecule has 2 aromatic rings. The van der Waals surface area contributed by atoms with Gasteiger partial charge in [0.15, 0.2) is 0 Å². The number of rotatable bonds is 3. The smallest absolute Gasteiger partial charge is 0.337 e. The third-order valence-corrected chi connectivity index (χ3v) is 2.77. The maximum Gasteiger partial charge on any atom is 0.337 e. The highest BCUT2D eigenvalue weighted by molar-refractivity contribution is 6.34. The molecule has 0 aliphatic rings. The normalized spacial score (nSPS) is 10.2. The van der Waals surface area contributed by atoms with Crippen LogP contribution in [0.5, 0.6) is 0 Å². The van der Waals surface area contributed by atoms with Crippen molar-refractivity contribution in [3.63, 3.8) is 0 Å². The molecule has 1 aromatic heterocycles. The van der Waals surface area contributed by atoms with E-state index in [-0.39, 0.29) is 17.1 Å². The Bertz CT molecular complexity index is 668. The average molecular weight is 295 g/mol. The number of carbonyl (C=O) groups excluding carboxylic acids is 2. The van der Waals surface area contributed by atoms with Crippen molar-refractivity contribution in [2.24, 2.45) is 0 Å². The van der Waals surface area contributed by atoms with Gasteiger partial charge in [0, 0.05) is 0 Å². The van der Waals surface area contributed by atoms with Crippen LogP contribution in [0, 0.1) is 6.92 Å². The van der Waals surface area contributed by atoms with Gasteiger partial charge < -0.3 is 10.1 Å². The topological polar surface area (TPSA) is 97.0 Å². The number of halogens is 1. The second-order valence-electron chi connectivity index (χ2n) is 3.88. The van der Waals surface area contributed by atoms with Crippen molar-refractivity contribution in [1.82, 2.24) is 15.2 Å². The van der Waals surface area contributed by atoms with Crippen LogP contribution in [0.1, 0.15) is 26.8 Å². The molecule has 0 saturated heterocycles. The van der Waals surface area contributed by atoms with Crippen molar-refractivity contribution in [3.05, 3.63) is 40.4 Å². The number of ether oxygens (including phenoxy) is 1. The molecule has 0 aliphatic heterocycles. The number of anilines is 1. The lowest BCUT2D eigenvalue weighted by atomic mass is 10.2. The summed E-state index contributed by atoms with van der Waals surface area (Å²) >= 11 is 5.97. The van der Waals surface area contributed by atoms with Crippen LogP contribution < -0.4 is 5.32 Å². The molecule has 1 amide bonds. The Hall–Kier alpha value is -2.41. The third kappa shape index (κ3) is 2.94. The third-order valence-electron chi connectivity index (χ3n) is 2.44. The van der Waals surface area contributed by atoms with Crippen molar-refractivity contribution in [2.45, 2.75) is 6.92 Å². The molecule has 0 aliphatic carbocycles. The molecule has 0 spiro atoms. The first-order valence-corrected chi connectivity index (χ1v) is 5.97. The molecule has 0 saturated carbocycles. The number of methoxy groups -OCH3 is 1. The number of hydrogen-bond donors (Lipinski definition) is 2. The fourth-order valence-electron chi connectivity index (χ4n) is 1.49. The molecule has 7 nitrogen and oxygen atoms in total. The van der Waals surface area contributed by atoms with E-state index >= 15 is 0 Å². The fraction of sp³-hybridized carbons (Fsp3) is 0.167. The minimum Gasteiger partial charge on any atom is -0.465 e. The van der Waals surface area contributed by atoms with Gasteiger partial charge in [0.05, 0.1) is 23.4 Å². The number of hydrogen-bond acceptors (Lipinski definition) is 5. The summed E-state index contributed by atoms with van der Waals surface area (Å²) in [5.41, 5.74) is 0.556. The van der Waals surface area contributed by atoms with Crippen molar-refractivity contribution >= 4 is 29.2 Å². The van der Waals surface area contributed by atoms with E-state index in [1.165, 1.54) is 25.3 Å². The van der Waals surface area contributed by atoms with E-state index in [2.05, 4.69) is 25.2 Å². The number of esters is 1. The number of aromatic amines is 1. The Kier molecular flexibility index (Phi) is 3.99. The van der Waals surface area contributed by atoms with Crippen molar-refractivity contribution in [3.8, 4) is 0 Å². The van der Waals surface area contributed by atoms with E-state index in [1.54, 1.807) is 6.92 Å². The minimum absolute atomic E-state index is 0.0120. The van der Waals surface area contributed by atoms with E-state index in [0.717, 1.165) is 0 Å². The number of carbonyl (C=O) groups is 2. The summed E-state index contributed by atoms with van der Waals surface area (Å²) in [6.07, 6.45) is 0. The van der Waals surface area contributed by atoms with Crippen LogP contribution in [0.3, 0.4) is 0 Å². The van der Waals surface area contributed by atoms with Gasteiger partial charge in [-0.15, -0.1) is 5.10 Å². The summed E-state index contributed by atoms with van der Waals surface area (Å²) < 4.78 is 4.60. The lowest BCUT2D eigenvalue weighted by Gasteiger charge is -2.07. The Labute approximate surface area is 119 Å². The summed E-state index contributed by atoms with van der Waals surface area (Å²) in [5, 5.41) is 9.12. The van der Waals surface area contributed by atoms with Crippen LogP contribution in [0.25, 0.3) is 0 Å². The Balaban J connectivity index is 2.24. The highest BCUT2D eigenvalue weighted by Crippen LogP contribution is 2.23. The van der Waals surface area contributed by atoms with Gasteiger partial charge in [-0.25, -0.2) is 9.78 Å². The van der Waals surface area contributed by atoms with Gasteiger partial charge in [0.25, 0.3) is 5.91 Å². The standard InChI is InChI=1S/C12H11ClN4O3/c1-6-14-10(17-16-6)11(18)15-9-5-7(12(19)20-2)3-4-8(9)13/h3-5H,1-2H3,(H,15,18)(H,14,16,17). The van der Waals surface area contributed by atoms with Crippen LogP contribution in [0.4, 0.5) is 5.69 Å². The van der Waals surface area contributed by atoms with Gasteiger partial charge in [0.1, 0.15) is 5.82 Å². The molecule has 1 heterocycles. The second kappa shape index (κ2) is 5.70. The van der Waals surface area contributed by atoms with Crippen LogP contribution in [-0.4, -0.2) is 34.2 Å². The number of aromatic nitrogens is 3. The minimum atomic E-state index is -0.529. The summed E-state index contributed by atoms with van der Waals surface area (Å²) in [4.78, 5) is 27.2. The molecule has 0 unspecified atom stereocenters. The molecule has 0 radical (unpaired) electrons. The van der Waals surface area contributed by atoms with E-state index < -0.39 is 11.9 Å². The first-order valence-electron chi connectivity index (χ1n) is 5.59. The van der Waals surface area contributed by atoms with Crippen molar-refractivity contribution in [2.75, 3.05) is 12.4 Å². The number of H-pyrrole nitrogens is 1. The molecule has 2 N–H and O–H groups in total. The largest absolute Gasteiger partial charge is 0.465 e. The molecular weight excluding hydrogens is 284 g/mol. The van der Waals surface area contributed by atoms with Crippen molar-refractivity contribution < 1.29 is 14.3 Å². The Morgan fingerprint density at radius 2 is 2.15 bits per heavy atom. The number of aryl methyl sites for hydroxylation is 1. The molecule has 8 heteroatoms. The molecule has 20 heavy (non-hydrogen) atoms. The van der Waals surface area contributed by atoms with Gasteiger partial charge in [-0.05, 0) is 25.1 Å². The van der Waals surface area contributed by atoms with Crippen LogP contribution in [-0.2, 0) is 4.74 Å². The van der Waals surface area contributed by atoms with E-state index in [4.69, 9.17) is 11.6 Å². The number of nitrogens with one attached hydrogen (secondary N) is 2. The zero-order chi connectivity index (χ0) is 14.7. The maximum atomic E-state index is 11.9. The van der Waals surface area contributed by atoms with Crippen LogP contribution >= 0.6 is 11.6 Å². The zero-order valence-electron chi connectivity index (χ0n) is 10.7. The average Bonchev–Trinajstić information content (AvgIpc) is 2.87. The first kappa shape index (κ1) is 14.0. The maximum absolute atomic E-state index is 11.9. The van der Waals surface area contributed by atoms with Gasteiger partial charge in [0.2, 0.25) is 5.82 Å². The summed E-state index contributed by atoms with van der Waals surface area (Å²) in [7, 11) is 1.27. The van der Waals surface area contributed by atoms with E-state index in [0.29, 0.717) is 10.8 Å². The van der Waals surface area contributed by atoms with Gasteiger partial charge in [-0.1, -0.05) is 11.6 Å². The lowest BCUT2D eigenvalue weighted by molar-refractivity contribution is 0.0600. The summed E-state index contributed by atoms with van der Waals surface area (Å²) in [6.45, 7) is 1.68. The SMILES string of the molecule is COC(=O)c1ccc(Cl)c(NC(=O)c2n[nH]c(C)n2)c1. The molecular formula is C12H11ClN4O3. The molecule has 0 atom stereocenters. The Morgan fingerprint density at radius 3 is 2.75 bits per heavy atom. The molecule has 0 fully saturated rings. The highest BCUT2D eigenvalue weighted by Gasteiger charge is 2.15. The van der Waals surface area contributed by atoms with Gasteiger partial charge >= 0.3 is 5.97 Å². The number of amides is 1. The molecule has 2 rings (SSSR count). The van der Waals surface area contributed by atoms with Gasteiger partial charge in [-0.2, -0.15) is 0 Å². The zero-order valence-corrected chi connectivity index (χ0v) is 11.5. The highest BCUT2D eigenvalue weighted by atomic mass is 35.5. The van der Waals surface area contributed by atoms with Crippen LogP contribution in [0.15, 0.2) is 18.2 Å². The quantitative estimate of drug-likeness (QED) is 0.841. The number of benzene rings is 1. The van der Waals surface area contributed by atoms with E-state index in [1.807, 2.05) is 0 Å². The monoisotopic (exact) mass is 294 g/mol. The van der Waals surface area contributed by atoms with Crippen LogP contribution in [0.2, 0.25) is 5.02 Å². The first-order chi connectivity index (χ1) is 9.51. The predicted molar refractivity (Wildman–Crippen MR) is 71.9 cm³/mol. The molecule has 104 valence electrons. The fourth-order valence-corrected chi connectivity index (χ4v) is 1.65. The molecule has 1 aromatic carbocycles. The predicted octanol–water partition coefficient (Wildman–Crippen LogP) is 1.81. The van der Waals surface area contributed by atoms with Gasteiger partial charge in [-0.3, -0.25) is 9.89 Å².